The van der Waals surface area contributed by atoms with Crippen molar-refractivity contribution >= 4 is 11.9 Å². The van der Waals surface area contributed by atoms with Gasteiger partial charge in [-0.15, -0.1) is 0 Å². The lowest BCUT2D eigenvalue weighted by molar-refractivity contribution is -0.161. The number of ether oxygens (including phenoxy) is 2. The van der Waals surface area contributed by atoms with Gasteiger partial charge in [0.25, 0.3) is 0 Å². The van der Waals surface area contributed by atoms with Crippen LogP contribution in [0.1, 0.15) is 136 Å². The molecule has 0 heterocycles. The highest BCUT2D eigenvalue weighted by atomic mass is 16.6. The third-order valence-corrected chi connectivity index (χ3v) is 6.19. The lowest BCUT2D eigenvalue weighted by atomic mass is 10.1. The maximum absolute atomic E-state index is 12.0. The number of hydrogen-bond acceptors (Lipinski definition) is 5. The van der Waals surface area contributed by atoms with E-state index in [9.17, 15) is 14.7 Å². The molecule has 0 saturated heterocycles. The average molecular weight is 521 g/mol. The molecule has 0 aliphatic heterocycles. The van der Waals surface area contributed by atoms with Crippen molar-refractivity contribution in [2.75, 3.05) is 13.2 Å². The predicted octanol–water partition coefficient (Wildman–Crippen LogP) is 8.55. The summed E-state index contributed by atoms with van der Waals surface area (Å²) in [6.07, 6.45) is 32.4. The minimum Gasteiger partial charge on any atom is -0.462 e. The fourth-order valence-corrected chi connectivity index (χ4v) is 3.85. The van der Waals surface area contributed by atoms with E-state index in [0.29, 0.717) is 12.8 Å². The van der Waals surface area contributed by atoms with Crippen molar-refractivity contribution in [1.29, 1.82) is 0 Å². The van der Waals surface area contributed by atoms with E-state index in [0.717, 1.165) is 64.2 Å². The Balaban J connectivity index is 3.59. The molecule has 1 atom stereocenters. The van der Waals surface area contributed by atoms with Gasteiger partial charge in [0.2, 0.25) is 0 Å². The molecule has 0 aromatic heterocycles. The molecule has 37 heavy (non-hydrogen) atoms. The minimum absolute atomic E-state index is 0.0733. The number of carbonyl (C=O) groups is 2. The molecule has 0 spiro atoms. The number of rotatable bonds is 26. The Morgan fingerprint density at radius 1 is 0.622 bits per heavy atom. The van der Waals surface area contributed by atoms with Crippen molar-refractivity contribution in [2.45, 2.75) is 142 Å². The Labute approximate surface area is 227 Å². The molecule has 5 heteroatoms. The number of aliphatic hydroxyl groups is 1. The van der Waals surface area contributed by atoms with Gasteiger partial charge in [0.1, 0.15) is 6.61 Å². The third kappa shape index (κ3) is 27.0. The van der Waals surface area contributed by atoms with Crippen LogP contribution in [0, 0.1) is 0 Å². The van der Waals surface area contributed by atoms with E-state index in [1.807, 2.05) is 0 Å². The normalized spacial score (nSPS) is 12.6. The molecule has 0 aromatic carbocycles. The molecule has 214 valence electrons. The summed E-state index contributed by atoms with van der Waals surface area (Å²) in [4.78, 5) is 23.7. The third-order valence-electron chi connectivity index (χ3n) is 6.19. The lowest BCUT2D eigenvalue weighted by Gasteiger charge is -2.15. The maximum Gasteiger partial charge on any atom is 0.306 e. The first-order chi connectivity index (χ1) is 18.1. The highest BCUT2D eigenvalue weighted by Gasteiger charge is 2.16. The molecule has 0 aliphatic rings. The highest BCUT2D eigenvalue weighted by Crippen LogP contribution is 2.11. The van der Waals surface area contributed by atoms with Crippen LogP contribution in [0.4, 0.5) is 0 Å². The van der Waals surface area contributed by atoms with Crippen molar-refractivity contribution in [2.24, 2.45) is 0 Å². The van der Waals surface area contributed by atoms with Gasteiger partial charge < -0.3 is 14.6 Å². The number of hydrogen-bond donors (Lipinski definition) is 1. The summed E-state index contributed by atoms with van der Waals surface area (Å²) < 4.78 is 10.4. The van der Waals surface area contributed by atoms with Crippen LogP contribution in [0.25, 0.3) is 0 Å². The van der Waals surface area contributed by atoms with Crippen molar-refractivity contribution in [3.63, 3.8) is 0 Å². The second kappa shape index (κ2) is 28.7. The number of unbranched alkanes of at least 4 members (excludes halogenated alkanes) is 12. The summed E-state index contributed by atoms with van der Waals surface area (Å²) in [5, 5.41) is 9.39. The Morgan fingerprint density at radius 2 is 1.08 bits per heavy atom. The van der Waals surface area contributed by atoms with Crippen LogP contribution in [-0.4, -0.2) is 36.4 Å². The SMILES string of the molecule is CCCCC/C=C\C/C=C\C/C=C\CCCCCCCCC(=O)OC(CO)COC(=O)CCCCCC. The van der Waals surface area contributed by atoms with Crippen LogP contribution >= 0.6 is 0 Å². The van der Waals surface area contributed by atoms with E-state index in [1.165, 1.54) is 44.9 Å². The first kappa shape index (κ1) is 35.1. The summed E-state index contributed by atoms with van der Waals surface area (Å²) in [5.41, 5.74) is 0. The fourth-order valence-electron chi connectivity index (χ4n) is 3.85. The first-order valence-corrected chi connectivity index (χ1v) is 15.0. The smallest absolute Gasteiger partial charge is 0.306 e. The van der Waals surface area contributed by atoms with Crippen LogP contribution in [-0.2, 0) is 19.1 Å². The fraction of sp³-hybridized carbons (Fsp3) is 0.750. The van der Waals surface area contributed by atoms with Crippen LogP contribution in [0.15, 0.2) is 36.5 Å². The molecule has 0 aromatic rings. The number of aliphatic hydroxyl groups excluding tert-OH is 1. The van der Waals surface area contributed by atoms with Gasteiger partial charge >= 0.3 is 11.9 Å². The summed E-state index contributed by atoms with van der Waals surface area (Å²) >= 11 is 0. The largest absolute Gasteiger partial charge is 0.462 e. The number of esters is 2. The zero-order valence-corrected chi connectivity index (χ0v) is 24.0. The molecular formula is C32H56O5. The zero-order chi connectivity index (χ0) is 27.2. The average Bonchev–Trinajstić information content (AvgIpc) is 2.90. The molecule has 0 bridgehead atoms. The van der Waals surface area contributed by atoms with Crippen molar-refractivity contribution < 1.29 is 24.2 Å². The van der Waals surface area contributed by atoms with Gasteiger partial charge in [-0.25, -0.2) is 0 Å². The van der Waals surface area contributed by atoms with Crippen molar-refractivity contribution in [3.8, 4) is 0 Å². The second-order valence-corrected chi connectivity index (χ2v) is 9.83. The van der Waals surface area contributed by atoms with Crippen LogP contribution < -0.4 is 0 Å². The molecule has 1 unspecified atom stereocenters. The van der Waals surface area contributed by atoms with Gasteiger partial charge in [-0.05, 0) is 51.4 Å². The van der Waals surface area contributed by atoms with Gasteiger partial charge in [-0.1, -0.05) is 108 Å². The monoisotopic (exact) mass is 520 g/mol. The van der Waals surface area contributed by atoms with E-state index >= 15 is 0 Å². The van der Waals surface area contributed by atoms with E-state index in [4.69, 9.17) is 9.47 Å². The van der Waals surface area contributed by atoms with Crippen molar-refractivity contribution in [1.82, 2.24) is 0 Å². The summed E-state index contributed by atoms with van der Waals surface area (Å²) in [5.74, 6) is -0.630. The lowest BCUT2D eigenvalue weighted by Crippen LogP contribution is -2.28. The molecule has 0 saturated carbocycles. The Hall–Kier alpha value is -1.88. The predicted molar refractivity (Wildman–Crippen MR) is 154 cm³/mol. The second-order valence-electron chi connectivity index (χ2n) is 9.83. The zero-order valence-electron chi connectivity index (χ0n) is 24.0. The van der Waals surface area contributed by atoms with Crippen LogP contribution in [0.5, 0.6) is 0 Å². The maximum atomic E-state index is 12.0. The molecule has 5 nitrogen and oxygen atoms in total. The van der Waals surface area contributed by atoms with Crippen molar-refractivity contribution in [3.05, 3.63) is 36.5 Å². The molecule has 0 rings (SSSR count). The molecule has 0 fully saturated rings. The molecule has 0 aliphatic carbocycles. The number of allylic oxidation sites excluding steroid dienone is 6. The van der Waals surface area contributed by atoms with Crippen LogP contribution in [0.3, 0.4) is 0 Å². The summed E-state index contributed by atoms with van der Waals surface area (Å²) in [6.45, 7) is 3.95. The Kier molecular flexibility index (Phi) is 27.2. The highest BCUT2D eigenvalue weighted by molar-refractivity contribution is 5.70. The first-order valence-electron chi connectivity index (χ1n) is 15.0. The molecular weight excluding hydrogens is 464 g/mol. The van der Waals surface area contributed by atoms with E-state index < -0.39 is 6.10 Å². The van der Waals surface area contributed by atoms with Crippen LogP contribution in [0.2, 0.25) is 0 Å². The molecule has 0 radical (unpaired) electrons. The van der Waals surface area contributed by atoms with E-state index in [-0.39, 0.29) is 25.2 Å². The minimum atomic E-state index is -0.771. The molecule has 1 N–H and O–H groups in total. The topological polar surface area (TPSA) is 72.8 Å². The van der Waals surface area contributed by atoms with Gasteiger partial charge in [0, 0.05) is 12.8 Å². The summed E-state index contributed by atoms with van der Waals surface area (Å²) in [7, 11) is 0. The van der Waals surface area contributed by atoms with E-state index in [1.54, 1.807) is 0 Å². The molecule has 0 amide bonds. The standard InChI is InChI=1S/C32H56O5/c1-3-5-7-9-10-11-12-13-14-15-16-17-18-19-20-21-22-23-25-27-32(35)37-30(28-33)29-36-31(34)26-24-8-6-4-2/h10-11,13-14,16-17,30,33H,3-9,12,15,18-29H2,1-2H3/b11-10-,14-13-,17-16-. The van der Waals surface area contributed by atoms with Gasteiger partial charge in [-0.3, -0.25) is 9.59 Å². The van der Waals surface area contributed by atoms with Gasteiger partial charge in [-0.2, -0.15) is 0 Å². The quantitative estimate of drug-likeness (QED) is 0.0702. The van der Waals surface area contributed by atoms with Gasteiger partial charge in [0.05, 0.1) is 6.61 Å². The van der Waals surface area contributed by atoms with E-state index in [2.05, 4.69) is 50.3 Å². The Bertz CT molecular complexity index is 608. The van der Waals surface area contributed by atoms with Gasteiger partial charge in [0.15, 0.2) is 6.10 Å². The Morgan fingerprint density at radius 3 is 1.68 bits per heavy atom. The number of carbonyl (C=O) groups excluding carboxylic acids is 2. The summed E-state index contributed by atoms with van der Waals surface area (Å²) in [6, 6.07) is 0.